The van der Waals surface area contributed by atoms with Gasteiger partial charge in [-0.1, -0.05) is 42.5 Å². The van der Waals surface area contributed by atoms with Gasteiger partial charge in [-0.3, -0.25) is 19.5 Å². The Balaban J connectivity index is 1.51. The number of amides is 1. The van der Waals surface area contributed by atoms with E-state index in [0.717, 1.165) is 18.4 Å². The topological polar surface area (TPSA) is 75.2 Å². The molecule has 0 unspecified atom stereocenters. The molecule has 1 saturated carbocycles. The fourth-order valence-corrected chi connectivity index (χ4v) is 3.34. The molecule has 1 N–H and O–H groups in total. The monoisotopic (exact) mass is 363 g/mol. The lowest BCUT2D eigenvalue weighted by Crippen LogP contribution is -2.35. The third kappa shape index (κ3) is 3.69. The lowest BCUT2D eigenvalue weighted by atomic mass is 10.2. The van der Waals surface area contributed by atoms with Gasteiger partial charge in [0.15, 0.2) is 0 Å². The van der Waals surface area contributed by atoms with Gasteiger partial charge in [-0.15, -0.1) is 0 Å². The van der Waals surface area contributed by atoms with Crippen LogP contribution in [0.25, 0.3) is 10.8 Å². The zero-order valence-corrected chi connectivity index (χ0v) is 14.9. The molecular weight excluding hydrogens is 342 g/mol. The van der Waals surface area contributed by atoms with Crippen LogP contribution in [0.5, 0.6) is 0 Å². The standard InChI is InChI=1S/C21H21N3O3/c25-19(23(16-10-11-16)14-15-6-2-1-3-7-15)12-13-24-21(27)18-9-5-4-8-17(18)20(26)22-24/h1-9,16H,10-14H2,(H,22,26). The summed E-state index contributed by atoms with van der Waals surface area (Å²) in [5.41, 5.74) is 0.494. The number of carbonyl (C=O) groups is 1. The molecule has 0 spiro atoms. The van der Waals surface area contributed by atoms with Crippen LogP contribution in [-0.2, 0) is 17.9 Å². The Hall–Kier alpha value is -3.15. The summed E-state index contributed by atoms with van der Waals surface area (Å²) in [5.74, 6) is 0.00209. The first kappa shape index (κ1) is 17.3. The molecule has 4 rings (SSSR count). The Morgan fingerprint density at radius 2 is 1.67 bits per heavy atom. The predicted octanol–water partition coefficient (Wildman–Crippen LogP) is 2.27. The summed E-state index contributed by atoms with van der Waals surface area (Å²) in [6.45, 7) is 0.739. The number of hydrogen-bond donors (Lipinski definition) is 1. The minimum atomic E-state index is -0.319. The Kier molecular flexibility index (Phi) is 4.62. The molecule has 1 aliphatic carbocycles. The molecule has 1 aliphatic rings. The summed E-state index contributed by atoms with van der Waals surface area (Å²) in [5, 5.41) is 3.33. The van der Waals surface area contributed by atoms with E-state index >= 15 is 0 Å². The van der Waals surface area contributed by atoms with Gasteiger partial charge in [0.1, 0.15) is 0 Å². The van der Waals surface area contributed by atoms with Gasteiger partial charge >= 0.3 is 0 Å². The van der Waals surface area contributed by atoms with Gasteiger partial charge in [0.2, 0.25) is 5.91 Å². The van der Waals surface area contributed by atoms with E-state index in [9.17, 15) is 14.4 Å². The normalized spacial score (nSPS) is 13.6. The number of nitrogens with one attached hydrogen (secondary N) is 1. The van der Waals surface area contributed by atoms with Crippen LogP contribution in [0.2, 0.25) is 0 Å². The number of rotatable bonds is 6. The Morgan fingerprint density at radius 1 is 1.00 bits per heavy atom. The average molecular weight is 363 g/mol. The quantitative estimate of drug-likeness (QED) is 0.730. The SMILES string of the molecule is O=C(CCn1[nH]c(=O)c2ccccc2c1=O)N(Cc1ccccc1)C1CC1. The van der Waals surface area contributed by atoms with Crippen molar-refractivity contribution in [3.05, 3.63) is 80.9 Å². The van der Waals surface area contributed by atoms with Crippen LogP contribution in [0.1, 0.15) is 24.8 Å². The maximum atomic E-state index is 12.8. The fraction of sp³-hybridized carbons (Fsp3) is 0.286. The second-order valence-electron chi connectivity index (χ2n) is 6.93. The van der Waals surface area contributed by atoms with Crippen LogP contribution < -0.4 is 11.1 Å². The van der Waals surface area contributed by atoms with Crippen LogP contribution in [0.3, 0.4) is 0 Å². The van der Waals surface area contributed by atoms with E-state index in [1.54, 1.807) is 24.3 Å². The molecular formula is C21H21N3O3. The molecule has 6 heteroatoms. The largest absolute Gasteiger partial charge is 0.335 e. The second kappa shape index (κ2) is 7.23. The van der Waals surface area contributed by atoms with Crippen molar-refractivity contribution in [2.24, 2.45) is 0 Å². The third-order valence-corrected chi connectivity index (χ3v) is 4.94. The second-order valence-corrected chi connectivity index (χ2v) is 6.93. The minimum absolute atomic E-state index is 0.00209. The predicted molar refractivity (Wildman–Crippen MR) is 103 cm³/mol. The van der Waals surface area contributed by atoms with Gasteiger partial charge in [-0.2, -0.15) is 0 Å². The van der Waals surface area contributed by atoms with Crippen molar-refractivity contribution < 1.29 is 4.79 Å². The van der Waals surface area contributed by atoms with Crippen molar-refractivity contribution >= 4 is 16.7 Å². The van der Waals surface area contributed by atoms with Crippen LogP contribution in [0.4, 0.5) is 0 Å². The Labute approximate surface area is 156 Å². The average Bonchev–Trinajstić information content (AvgIpc) is 3.53. The highest BCUT2D eigenvalue weighted by atomic mass is 16.2. The van der Waals surface area contributed by atoms with Crippen molar-refractivity contribution in [2.45, 2.75) is 38.4 Å². The van der Waals surface area contributed by atoms with Gasteiger partial charge < -0.3 is 4.90 Å². The van der Waals surface area contributed by atoms with Crippen molar-refractivity contribution in [1.82, 2.24) is 14.7 Å². The van der Waals surface area contributed by atoms with E-state index < -0.39 is 0 Å². The van der Waals surface area contributed by atoms with E-state index in [1.807, 2.05) is 35.2 Å². The zero-order chi connectivity index (χ0) is 18.8. The van der Waals surface area contributed by atoms with Crippen LogP contribution >= 0.6 is 0 Å². The molecule has 1 amide bonds. The highest BCUT2D eigenvalue weighted by molar-refractivity contribution is 5.80. The molecule has 3 aromatic rings. The maximum Gasteiger partial charge on any atom is 0.273 e. The molecule has 138 valence electrons. The number of hydrogen-bond acceptors (Lipinski definition) is 3. The Bertz CT molecular complexity index is 1080. The van der Waals surface area contributed by atoms with Gasteiger partial charge in [0.25, 0.3) is 11.1 Å². The number of aromatic nitrogens is 2. The van der Waals surface area contributed by atoms with E-state index in [-0.39, 0.29) is 36.0 Å². The number of aromatic amines is 1. The molecule has 1 aromatic heterocycles. The molecule has 1 heterocycles. The zero-order valence-electron chi connectivity index (χ0n) is 14.9. The summed E-state index contributed by atoms with van der Waals surface area (Å²) in [4.78, 5) is 39.4. The molecule has 1 fully saturated rings. The first-order valence-electron chi connectivity index (χ1n) is 9.19. The number of nitrogens with zero attached hydrogens (tertiary/aromatic N) is 2. The van der Waals surface area contributed by atoms with Crippen molar-refractivity contribution in [2.75, 3.05) is 0 Å². The maximum absolute atomic E-state index is 12.8. The van der Waals surface area contributed by atoms with Crippen LogP contribution in [0, 0.1) is 0 Å². The molecule has 6 nitrogen and oxygen atoms in total. The van der Waals surface area contributed by atoms with E-state index in [0.29, 0.717) is 17.3 Å². The van der Waals surface area contributed by atoms with E-state index in [1.165, 1.54) is 4.68 Å². The number of benzene rings is 2. The molecule has 0 radical (unpaired) electrons. The molecule has 27 heavy (non-hydrogen) atoms. The smallest absolute Gasteiger partial charge is 0.273 e. The highest BCUT2D eigenvalue weighted by Crippen LogP contribution is 2.29. The molecule has 2 aromatic carbocycles. The van der Waals surface area contributed by atoms with Crippen molar-refractivity contribution in [3.8, 4) is 0 Å². The minimum Gasteiger partial charge on any atom is -0.335 e. The molecule has 0 bridgehead atoms. The summed E-state index contributed by atoms with van der Waals surface area (Å²) < 4.78 is 1.25. The number of aryl methyl sites for hydroxylation is 1. The van der Waals surface area contributed by atoms with E-state index in [4.69, 9.17) is 0 Å². The van der Waals surface area contributed by atoms with Crippen LogP contribution in [-0.4, -0.2) is 26.6 Å². The summed E-state index contributed by atoms with van der Waals surface area (Å²) in [7, 11) is 0. The summed E-state index contributed by atoms with van der Waals surface area (Å²) >= 11 is 0. The molecule has 0 saturated heterocycles. The van der Waals surface area contributed by atoms with Gasteiger partial charge in [0.05, 0.1) is 17.3 Å². The summed E-state index contributed by atoms with van der Waals surface area (Å²) in [6, 6.07) is 16.9. The van der Waals surface area contributed by atoms with Gasteiger partial charge in [-0.05, 0) is 30.5 Å². The van der Waals surface area contributed by atoms with E-state index in [2.05, 4.69) is 5.10 Å². The van der Waals surface area contributed by atoms with Gasteiger partial charge in [-0.25, -0.2) is 4.68 Å². The van der Waals surface area contributed by atoms with Crippen LogP contribution in [0.15, 0.2) is 64.2 Å². The van der Waals surface area contributed by atoms with Gasteiger partial charge in [0, 0.05) is 19.0 Å². The Morgan fingerprint density at radius 3 is 2.37 bits per heavy atom. The highest BCUT2D eigenvalue weighted by Gasteiger charge is 2.32. The molecule has 0 atom stereocenters. The fourth-order valence-electron chi connectivity index (χ4n) is 3.34. The van der Waals surface area contributed by atoms with Crippen molar-refractivity contribution in [1.29, 1.82) is 0 Å². The first-order chi connectivity index (χ1) is 13.1. The number of fused-ring (bicyclic) bond motifs is 1. The number of carbonyl (C=O) groups excluding carboxylic acids is 1. The first-order valence-corrected chi connectivity index (χ1v) is 9.19. The number of H-pyrrole nitrogens is 1. The summed E-state index contributed by atoms with van der Waals surface area (Å²) in [6.07, 6.45) is 2.22. The lowest BCUT2D eigenvalue weighted by Gasteiger charge is -2.23. The van der Waals surface area contributed by atoms with Crippen molar-refractivity contribution in [3.63, 3.8) is 0 Å². The lowest BCUT2D eigenvalue weighted by molar-refractivity contribution is -0.132. The molecule has 0 aliphatic heterocycles. The third-order valence-electron chi connectivity index (χ3n) is 4.94.